The van der Waals surface area contributed by atoms with Gasteiger partial charge < -0.3 is 9.72 Å². The van der Waals surface area contributed by atoms with Gasteiger partial charge in [-0.15, -0.1) is 11.3 Å². The van der Waals surface area contributed by atoms with Crippen molar-refractivity contribution in [3.63, 3.8) is 0 Å². The zero-order valence-corrected chi connectivity index (χ0v) is 14.2. The second-order valence-corrected chi connectivity index (χ2v) is 7.65. The van der Waals surface area contributed by atoms with Crippen molar-refractivity contribution in [3.05, 3.63) is 34.0 Å². The highest BCUT2D eigenvalue weighted by atomic mass is 32.1. The van der Waals surface area contributed by atoms with Crippen LogP contribution in [0.1, 0.15) is 24.6 Å². The van der Waals surface area contributed by atoms with Crippen molar-refractivity contribution in [2.75, 3.05) is 13.1 Å². The molecule has 0 unspecified atom stereocenters. The fourth-order valence-corrected chi connectivity index (χ4v) is 4.74. The zero-order chi connectivity index (χ0) is 16.3. The first-order valence-corrected chi connectivity index (χ1v) is 9.11. The molecule has 0 spiro atoms. The van der Waals surface area contributed by atoms with E-state index in [1.54, 1.807) is 6.20 Å². The fraction of sp³-hybridized carbons (Fsp3) is 0.412. The molecule has 124 valence electrons. The molecule has 1 atom stereocenters. The molecule has 0 aromatic carbocycles. The molecule has 3 aromatic rings. The summed E-state index contributed by atoms with van der Waals surface area (Å²) in [6.45, 7) is 5.14. The number of H-pyrrole nitrogens is 2. The van der Waals surface area contributed by atoms with Crippen LogP contribution in [0.2, 0.25) is 0 Å². The van der Waals surface area contributed by atoms with E-state index in [1.807, 2.05) is 6.20 Å². The second kappa shape index (κ2) is 5.19. The predicted octanol–water partition coefficient (Wildman–Crippen LogP) is 2.51. The standard InChI is InChI=1S/C17H18N4O2S/c1-9-5-11-12(8-21-3-2-4-21)20-17(22)16-13(11)14(23-9)15(24-16)10-6-18-19-7-10/h6-7,9H,2-5,8H2,1H3,(H,18,19)(H,20,22)/t9-/m1/s1. The van der Waals surface area contributed by atoms with E-state index in [1.165, 1.54) is 23.3 Å². The molecular weight excluding hydrogens is 324 g/mol. The number of thiophene rings is 1. The van der Waals surface area contributed by atoms with Gasteiger partial charge in [0.05, 0.1) is 11.1 Å². The number of aromatic nitrogens is 3. The number of nitrogens with one attached hydrogen (secondary N) is 2. The number of ether oxygens (including phenoxy) is 1. The summed E-state index contributed by atoms with van der Waals surface area (Å²) in [5.41, 5.74) is 3.26. The van der Waals surface area contributed by atoms with Gasteiger partial charge in [0.2, 0.25) is 0 Å². The van der Waals surface area contributed by atoms with E-state index in [9.17, 15) is 4.79 Å². The van der Waals surface area contributed by atoms with Crippen LogP contribution < -0.4 is 10.3 Å². The summed E-state index contributed by atoms with van der Waals surface area (Å²) in [4.78, 5) is 19.2. The molecule has 0 amide bonds. The van der Waals surface area contributed by atoms with Gasteiger partial charge in [-0.1, -0.05) is 0 Å². The van der Waals surface area contributed by atoms with Crippen LogP contribution in [-0.2, 0) is 13.0 Å². The summed E-state index contributed by atoms with van der Waals surface area (Å²) in [5.74, 6) is 0.848. The lowest BCUT2D eigenvalue weighted by Gasteiger charge is -2.32. The Morgan fingerprint density at radius 1 is 1.46 bits per heavy atom. The number of rotatable bonds is 3. The highest BCUT2D eigenvalue weighted by Gasteiger charge is 2.30. The smallest absolute Gasteiger partial charge is 0.266 e. The van der Waals surface area contributed by atoms with E-state index in [-0.39, 0.29) is 11.7 Å². The number of aromatic amines is 2. The molecule has 2 N–H and O–H groups in total. The number of nitrogens with zero attached hydrogens (tertiary/aromatic N) is 2. The van der Waals surface area contributed by atoms with Crippen molar-refractivity contribution >= 4 is 21.4 Å². The van der Waals surface area contributed by atoms with Gasteiger partial charge in [0.15, 0.2) is 0 Å². The Labute approximate surface area is 142 Å². The molecule has 5 rings (SSSR count). The topological polar surface area (TPSA) is 74.0 Å². The maximum absolute atomic E-state index is 12.7. The summed E-state index contributed by atoms with van der Waals surface area (Å²) in [5, 5.41) is 7.89. The predicted molar refractivity (Wildman–Crippen MR) is 93.7 cm³/mol. The van der Waals surface area contributed by atoms with Crippen LogP contribution in [-0.4, -0.2) is 39.3 Å². The lowest BCUT2D eigenvalue weighted by Crippen LogP contribution is -2.37. The van der Waals surface area contributed by atoms with E-state index in [2.05, 4.69) is 27.0 Å². The Morgan fingerprint density at radius 2 is 2.33 bits per heavy atom. The minimum atomic E-state index is -0.0107. The molecule has 1 saturated heterocycles. The second-order valence-electron chi connectivity index (χ2n) is 6.62. The molecule has 7 heteroatoms. The average molecular weight is 342 g/mol. The van der Waals surface area contributed by atoms with Crippen molar-refractivity contribution in [2.24, 2.45) is 0 Å². The van der Waals surface area contributed by atoms with Crippen LogP contribution in [0.4, 0.5) is 0 Å². The third kappa shape index (κ3) is 2.04. The highest BCUT2D eigenvalue weighted by Crippen LogP contribution is 2.47. The van der Waals surface area contributed by atoms with Gasteiger partial charge in [-0.2, -0.15) is 5.10 Å². The van der Waals surface area contributed by atoms with Gasteiger partial charge in [-0.3, -0.25) is 14.8 Å². The SMILES string of the molecule is C[C@@H]1Cc2c(CN3CCC3)[nH]c(=O)c3sc(-c4cn[nH]c4)c(c23)O1. The number of likely N-dealkylation sites (tertiary alicyclic amines) is 1. The molecule has 0 bridgehead atoms. The first kappa shape index (κ1) is 14.2. The van der Waals surface area contributed by atoms with Crippen LogP contribution in [0, 0.1) is 0 Å². The van der Waals surface area contributed by atoms with Crippen LogP contribution >= 0.6 is 11.3 Å². The maximum atomic E-state index is 12.7. The zero-order valence-electron chi connectivity index (χ0n) is 13.4. The van der Waals surface area contributed by atoms with E-state index in [0.29, 0.717) is 0 Å². The van der Waals surface area contributed by atoms with E-state index in [4.69, 9.17) is 4.74 Å². The maximum Gasteiger partial charge on any atom is 0.266 e. The Balaban J connectivity index is 1.76. The van der Waals surface area contributed by atoms with Crippen molar-refractivity contribution in [1.82, 2.24) is 20.1 Å². The van der Waals surface area contributed by atoms with Crippen LogP contribution in [0.3, 0.4) is 0 Å². The van der Waals surface area contributed by atoms with Gasteiger partial charge in [0, 0.05) is 35.8 Å². The van der Waals surface area contributed by atoms with E-state index in [0.717, 1.165) is 58.0 Å². The first-order chi connectivity index (χ1) is 11.7. The number of pyridine rings is 1. The molecule has 3 aromatic heterocycles. The summed E-state index contributed by atoms with van der Waals surface area (Å²) in [6, 6.07) is 0. The molecule has 5 heterocycles. The Morgan fingerprint density at radius 3 is 3.04 bits per heavy atom. The van der Waals surface area contributed by atoms with Gasteiger partial charge >= 0.3 is 0 Å². The molecule has 1 fully saturated rings. The lowest BCUT2D eigenvalue weighted by atomic mass is 9.98. The molecule has 6 nitrogen and oxygen atoms in total. The third-order valence-electron chi connectivity index (χ3n) is 4.90. The fourth-order valence-electron chi connectivity index (χ4n) is 3.60. The van der Waals surface area contributed by atoms with Crippen LogP contribution in [0.25, 0.3) is 20.5 Å². The van der Waals surface area contributed by atoms with Crippen molar-refractivity contribution < 1.29 is 4.74 Å². The molecule has 24 heavy (non-hydrogen) atoms. The van der Waals surface area contributed by atoms with Crippen LogP contribution in [0.15, 0.2) is 17.2 Å². The third-order valence-corrected chi connectivity index (χ3v) is 6.12. The van der Waals surface area contributed by atoms with Gasteiger partial charge in [0.25, 0.3) is 5.56 Å². The Bertz CT molecular complexity index is 969. The number of hydrogen-bond donors (Lipinski definition) is 2. The van der Waals surface area contributed by atoms with Crippen molar-refractivity contribution in [3.8, 4) is 16.2 Å². The van der Waals surface area contributed by atoms with Crippen molar-refractivity contribution in [2.45, 2.75) is 32.4 Å². The largest absolute Gasteiger partial charge is 0.488 e. The summed E-state index contributed by atoms with van der Waals surface area (Å²) in [6.07, 6.45) is 5.81. The minimum Gasteiger partial charge on any atom is -0.488 e. The van der Waals surface area contributed by atoms with Crippen LogP contribution in [0.5, 0.6) is 5.75 Å². The first-order valence-electron chi connectivity index (χ1n) is 8.29. The normalized spacial score (nSPS) is 20.1. The molecular formula is C17H18N4O2S. The Kier molecular flexibility index (Phi) is 3.08. The van der Waals surface area contributed by atoms with E-state index < -0.39 is 0 Å². The monoisotopic (exact) mass is 342 g/mol. The quantitative estimate of drug-likeness (QED) is 0.767. The highest BCUT2D eigenvalue weighted by molar-refractivity contribution is 7.22. The van der Waals surface area contributed by atoms with E-state index >= 15 is 0 Å². The van der Waals surface area contributed by atoms with Gasteiger partial charge in [0.1, 0.15) is 16.6 Å². The summed E-state index contributed by atoms with van der Waals surface area (Å²) >= 11 is 1.49. The molecule has 2 aliphatic rings. The number of hydrogen-bond acceptors (Lipinski definition) is 5. The van der Waals surface area contributed by atoms with Gasteiger partial charge in [-0.05, 0) is 32.0 Å². The molecule has 0 aliphatic carbocycles. The Hall–Kier alpha value is -2.12. The average Bonchev–Trinajstić information content (AvgIpc) is 3.15. The lowest BCUT2D eigenvalue weighted by molar-refractivity contribution is 0.168. The summed E-state index contributed by atoms with van der Waals surface area (Å²) in [7, 11) is 0. The van der Waals surface area contributed by atoms with Gasteiger partial charge in [-0.25, -0.2) is 0 Å². The minimum absolute atomic E-state index is 0.0107. The molecule has 0 radical (unpaired) electrons. The summed E-state index contributed by atoms with van der Waals surface area (Å²) < 4.78 is 6.92. The molecule has 2 aliphatic heterocycles. The van der Waals surface area contributed by atoms with Crippen molar-refractivity contribution in [1.29, 1.82) is 0 Å². The molecule has 0 saturated carbocycles.